The number of carbonyl (C=O) groups is 2. The van der Waals surface area contributed by atoms with E-state index in [0.29, 0.717) is 6.42 Å². The molecule has 0 saturated carbocycles. The second kappa shape index (κ2) is 7.35. The topological polar surface area (TPSA) is 72.2 Å². The number of unbranched alkanes of at least 4 members (excludes halogenated alkanes) is 3. The third-order valence-corrected chi connectivity index (χ3v) is 2.07. The number of hydrogen-bond acceptors (Lipinski definition) is 2. The maximum absolute atomic E-state index is 10.9. The SMILES string of the molecule is CCCCCC[C@@H](NC(C)=O)C(N)=O. The molecular formula is C10H20N2O2. The minimum atomic E-state index is -0.496. The van der Waals surface area contributed by atoms with Gasteiger partial charge in [0.05, 0.1) is 0 Å². The van der Waals surface area contributed by atoms with E-state index in [0.717, 1.165) is 25.7 Å². The summed E-state index contributed by atoms with van der Waals surface area (Å²) < 4.78 is 0. The largest absolute Gasteiger partial charge is 0.368 e. The molecule has 82 valence electrons. The minimum absolute atomic E-state index is 0.204. The minimum Gasteiger partial charge on any atom is -0.368 e. The number of hydrogen-bond donors (Lipinski definition) is 2. The van der Waals surface area contributed by atoms with E-state index >= 15 is 0 Å². The Morgan fingerprint density at radius 1 is 1.29 bits per heavy atom. The predicted molar refractivity (Wildman–Crippen MR) is 55.6 cm³/mol. The highest BCUT2D eigenvalue weighted by atomic mass is 16.2. The highest BCUT2D eigenvalue weighted by Crippen LogP contribution is 2.05. The predicted octanol–water partition coefficient (Wildman–Crippen LogP) is 0.947. The molecule has 0 bridgehead atoms. The van der Waals surface area contributed by atoms with Gasteiger partial charge in [0.15, 0.2) is 0 Å². The molecule has 0 saturated heterocycles. The third-order valence-electron chi connectivity index (χ3n) is 2.07. The van der Waals surface area contributed by atoms with E-state index in [1.165, 1.54) is 6.92 Å². The summed E-state index contributed by atoms with van der Waals surface area (Å²) >= 11 is 0. The van der Waals surface area contributed by atoms with Gasteiger partial charge in [-0.05, 0) is 6.42 Å². The zero-order chi connectivity index (χ0) is 11.0. The van der Waals surface area contributed by atoms with E-state index in [-0.39, 0.29) is 5.91 Å². The van der Waals surface area contributed by atoms with Crippen LogP contribution in [-0.2, 0) is 9.59 Å². The first-order chi connectivity index (χ1) is 6.57. The molecular weight excluding hydrogens is 180 g/mol. The summed E-state index contributed by atoms with van der Waals surface area (Å²) in [5, 5.41) is 2.54. The van der Waals surface area contributed by atoms with Crippen LogP contribution in [0.3, 0.4) is 0 Å². The van der Waals surface area contributed by atoms with Gasteiger partial charge in [-0.15, -0.1) is 0 Å². The summed E-state index contributed by atoms with van der Waals surface area (Å²) in [6.07, 6.45) is 4.98. The molecule has 0 fully saturated rings. The molecule has 0 spiro atoms. The molecule has 0 aromatic rings. The Labute approximate surface area is 85.2 Å². The summed E-state index contributed by atoms with van der Waals surface area (Å²) in [7, 11) is 0. The second-order valence-electron chi connectivity index (χ2n) is 3.50. The molecule has 0 radical (unpaired) electrons. The molecule has 4 nitrogen and oxygen atoms in total. The van der Waals surface area contributed by atoms with E-state index in [4.69, 9.17) is 5.73 Å². The number of nitrogens with two attached hydrogens (primary N) is 1. The van der Waals surface area contributed by atoms with Gasteiger partial charge in [-0.3, -0.25) is 9.59 Å². The van der Waals surface area contributed by atoms with Crippen molar-refractivity contribution in [1.82, 2.24) is 5.32 Å². The molecule has 0 rings (SSSR count). The van der Waals surface area contributed by atoms with E-state index in [9.17, 15) is 9.59 Å². The Hall–Kier alpha value is -1.06. The fourth-order valence-corrected chi connectivity index (χ4v) is 1.31. The Balaban J connectivity index is 3.74. The Morgan fingerprint density at radius 2 is 1.93 bits per heavy atom. The van der Waals surface area contributed by atoms with Crippen LogP contribution >= 0.6 is 0 Å². The Morgan fingerprint density at radius 3 is 2.36 bits per heavy atom. The first kappa shape index (κ1) is 12.9. The van der Waals surface area contributed by atoms with Crippen molar-refractivity contribution in [3.8, 4) is 0 Å². The lowest BCUT2D eigenvalue weighted by Gasteiger charge is -2.13. The van der Waals surface area contributed by atoms with Gasteiger partial charge in [0, 0.05) is 6.92 Å². The number of amides is 2. The van der Waals surface area contributed by atoms with Crippen LogP contribution in [0.1, 0.15) is 46.0 Å². The number of rotatable bonds is 7. The Kier molecular flexibility index (Phi) is 6.80. The molecule has 0 unspecified atom stereocenters. The zero-order valence-corrected chi connectivity index (χ0v) is 9.01. The van der Waals surface area contributed by atoms with E-state index < -0.39 is 11.9 Å². The molecule has 0 aliphatic heterocycles. The van der Waals surface area contributed by atoms with Crippen LogP contribution in [0.25, 0.3) is 0 Å². The lowest BCUT2D eigenvalue weighted by atomic mass is 10.1. The smallest absolute Gasteiger partial charge is 0.239 e. The summed E-state index contributed by atoms with van der Waals surface area (Å²) in [5.74, 6) is -0.652. The fraction of sp³-hybridized carbons (Fsp3) is 0.800. The van der Waals surface area contributed by atoms with Gasteiger partial charge >= 0.3 is 0 Å². The van der Waals surface area contributed by atoms with Crippen LogP contribution in [-0.4, -0.2) is 17.9 Å². The molecule has 1 atom stereocenters. The van der Waals surface area contributed by atoms with Crippen molar-refractivity contribution >= 4 is 11.8 Å². The van der Waals surface area contributed by atoms with Gasteiger partial charge in [-0.2, -0.15) is 0 Å². The van der Waals surface area contributed by atoms with Gasteiger partial charge in [-0.1, -0.05) is 32.6 Å². The summed E-state index contributed by atoms with van der Waals surface area (Å²) in [6.45, 7) is 3.52. The normalized spacial score (nSPS) is 12.1. The van der Waals surface area contributed by atoms with Crippen molar-refractivity contribution in [3.63, 3.8) is 0 Å². The lowest BCUT2D eigenvalue weighted by molar-refractivity contribution is -0.126. The van der Waals surface area contributed by atoms with Crippen LogP contribution in [0, 0.1) is 0 Å². The highest BCUT2D eigenvalue weighted by Gasteiger charge is 2.14. The maximum Gasteiger partial charge on any atom is 0.239 e. The van der Waals surface area contributed by atoms with Crippen LogP contribution in [0.4, 0.5) is 0 Å². The first-order valence-corrected chi connectivity index (χ1v) is 5.14. The zero-order valence-electron chi connectivity index (χ0n) is 9.01. The number of carbonyl (C=O) groups excluding carboxylic acids is 2. The van der Waals surface area contributed by atoms with E-state index in [2.05, 4.69) is 12.2 Å². The standard InChI is InChI=1S/C10H20N2O2/c1-3-4-5-6-7-9(10(11)14)12-8(2)13/h9H,3-7H2,1-2H3,(H2,11,14)(H,12,13)/t9-/m1/s1. The Bertz CT molecular complexity index is 193. The highest BCUT2D eigenvalue weighted by molar-refractivity contribution is 5.85. The molecule has 4 heteroatoms. The van der Waals surface area contributed by atoms with Crippen LogP contribution < -0.4 is 11.1 Å². The van der Waals surface area contributed by atoms with Gasteiger partial charge in [0.25, 0.3) is 0 Å². The van der Waals surface area contributed by atoms with Crippen LogP contribution in [0.5, 0.6) is 0 Å². The van der Waals surface area contributed by atoms with Gasteiger partial charge < -0.3 is 11.1 Å². The van der Waals surface area contributed by atoms with Crippen LogP contribution in [0.15, 0.2) is 0 Å². The molecule has 2 amide bonds. The van der Waals surface area contributed by atoms with Gasteiger partial charge in [0.2, 0.25) is 11.8 Å². The fourth-order valence-electron chi connectivity index (χ4n) is 1.31. The van der Waals surface area contributed by atoms with Crippen LogP contribution in [0.2, 0.25) is 0 Å². The summed E-state index contributed by atoms with van der Waals surface area (Å²) in [4.78, 5) is 21.6. The number of primary amides is 1. The molecule has 0 aromatic heterocycles. The van der Waals surface area contributed by atoms with Crippen molar-refractivity contribution in [2.45, 2.75) is 52.0 Å². The quantitative estimate of drug-likeness (QED) is 0.600. The van der Waals surface area contributed by atoms with Gasteiger partial charge in [-0.25, -0.2) is 0 Å². The molecule has 0 aromatic carbocycles. The van der Waals surface area contributed by atoms with Crippen molar-refractivity contribution in [1.29, 1.82) is 0 Å². The molecule has 0 aliphatic carbocycles. The summed E-state index contributed by atoms with van der Waals surface area (Å²) in [5.41, 5.74) is 5.15. The van der Waals surface area contributed by atoms with Crippen molar-refractivity contribution in [3.05, 3.63) is 0 Å². The van der Waals surface area contributed by atoms with E-state index in [1.807, 2.05) is 0 Å². The van der Waals surface area contributed by atoms with Crippen molar-refractivity contribution in [2.75, 3.05) is 0 Å². The molecule has 14 heavy (non-hydrogen) atoms. The average Bonchev–Trinajstić information content (AvgIpc) is 2.09. The summed E-state index contributed by atoms with van der Waals surface area (Å²) in [6, 6.07) is -0.496. The molecule has 0 aliphatic rings. The maximum atomic E-state index is 10.9. The lowest BCUT2D eigenvalue weighted by Crippen LogP contribution is -2.43. The second-order valence-corrected chi connectivity index (χ2v) is 3.50. The number of nitrogens with one attached hydrogen (secondary N) is 1. The molecule has 3 N–H and O–H groups in total. The third kappa shape index (κ3) is 6.46. The van der Waals surface area contributed by atoms with Gasteiger partial charge in [0.1, 0.15) is 6.04 Å². The van der Waals surface area contributed by atoms with E-state index in [1.54, 1.807) is 0 Å². The average molecular weight is 200 g/mol. The van der Waals surface area contributed by atoms with Crippen molar-refractivity contribution in [2.24, 2.45) is 5.73 Å². The molecule has 0 heterocycles. The monoisotopic (exact) mass is 200 g/mol. The first-order valence-electron chi connectivity index (χ1n) is 5.14. The van der Waals surface area contributed by atoms with Crippen molar-refractivity contribution < 1.29 is 9.59 Å².